The number of benzene rings is 1. The molecule has 0 fully saturated rings. The lowest BCUT2D eigenvalue weighted by Crippen LogP contribution is -2.36. The summed E-state index contributed by atoms with van der Waals surface area (Å²) in [4.78, 5) is 24.1. The van der Waals surface area contributed by atoms with Crippen LogP contribution in [0.2, 0.25) is 0 Å². The van der Waals surface area contributed by atoms with E-state index in [1.54, 1.807) is 14.0 Å². The molecule has 0 aliphatic heterocycles. The molecule has 5 nitrogen and oxygen atoms in total. The Morgan fingerprint density at radius 2 is 2.11 bits per heavy atom. The maximum Gasteiger partial charge on any atom is 0.321 e. The summed E-state index contributed by atoms with van der Waals surface area (Å²) < 4.78 is 0.870. The first-order valence-electron chi connectivity index (χ1n) is 5.82. The van der Waals surface area contributed by atoms with Gasteiger partial charge < -0.3 is 15.3 Å². The van der Waals surface area contributed by atoms with Gasteiger partial charge in [0, 0.05) is 23.8 Å². The average Bonchev–Trinajstić information content (AvgIpc) is 2.33. The summed E-state index contributed by atoms with van der Waals surface area (Å²) >= 11 is 3.34. The minimum absolute atomic E-state index is 0.161. The summed E-state index contributed by atoms with van der Waals surface area (Å²) in [7, 11) is 1.57. The number of aryl methyl sites for hydroxylation is 1. The summed E-state index contributed by atoms with van der Waals surface area (Å²) in [5.41, 5.74) is 1.64. The SMILES string of the molecule is Cc1ccc(Br)cc1NC(=O)N(C)CC(C)C(=O)O. The number of hydrogen-bond donors (Lipinski definition) is 2. The third-order valence-corrected chi connectivity index (χ3v) is 3.25. The molecule has 2 N–H and O–H groups in total. The molecule has 0 saturated carbocycles. The first-order chi connectivity index (χ1) is 8.81. The number of carboxylic acids is 1. The van der Waals surface area contributed by atoms with Crippen LogP contribution in [0.15, 0.2) is 22.7 Å². The Bertz CT molecular complexity index is 491. The Hall–Kier alpha value is -1.56. The molecule has 104 valence electrons. The van der Waals surface area contributed by atoms with Gasteiger partial charge >= 0.3 is 12.0 Å². The smallest absolute Gasteiger partial charge is 0.321 e. The van der Waals surface area contributed by atoms with Gasteiger partial charge in [-0.2, -0.15) is 0 Å². The third-order valence-electron chi connectivity index (χ3n) is 2.76. The maximum atomic E-state index is 11.9. The van der Waals surface area contributed by atoms with Crippen molar-refractivity contribution in [2.24, 2.45) is 5.92 Å². The second-order valence-electron chi connectivity index (χ2n) is 4.51. The Kier molecular flexibility index (Phi) is 5.35. The summed E-state index contributed by atoms with van der Waals surface area (Å²) in [6.45, 7) is 3.62. The van der Waals surface area contributed by atoms with Crippen molar-refractivity contribution in [2.75, 3.05) is 18.9 Å². The highest BCUT2D eigenvalue weighted by molar-refractivity contribution is 9.10. The van der Waals surface area contributed by atoms with Crippen LogP contribution < -0.4 is 5.32 Å². The number of hydrogen-bond acceptors (Lipinski definition) is 2. The van der Waals surface area contributed by atoms with Crippen LogP contribution >= 0.6 is 15.9 Å². The lowest BCUT2D eigenvalue weighted by molar-refractivity contribution is -0.141. The van der Waals surface area contributed by atoms with Crippen LogP contribution in [0.5, 0.6) is 0 Å². The number of aliphatic carboxylic acids is 1. The lowest BCUT2D eigenvalue weighted by Gasteiger charge is -2.20. The molecular weight excluding hydrogens is 312 g/mol. The van der Waals surface area contributed by atoms with Gasteiger partial charge in [0.2, 0.25) is 0 Å². The fraction of sp³-hybridized carbons (Fsp3) is 0.385. The van der Waals surface area contributed by atoms with Crippen LogP contribution in [0, 0.1) is 12.8 Å². The van der Waals surface area contributed by atoms with E-state index in [-0.39, 0.29) is 12.6 Å². The van der Waals surface area contributed by atoms with Crippen molar-refractivity contribution in [1.82, 2.24) is 4.90 Å². The minimum Gasteiger partial charge on any atom is -0.481 e. The van der Waals surface area contributed by atoms with Crippen LogP contribution in [-0.2, 0) is 4.79 Å². The van der Waals surface area contributed by atoms with E-state index in [0.29, 0.717) is 5.69 Å². The third kappa shape index (κ3) is 4.55. The summed E-state index contributed by atoms with van der Waals surface area (Å²) in [6.07, 6.45) is 0. The monoisotopic (exact) mass is 328 g/mol. The number of carbonyl (C=O) groups excluding carboxylic acids is 1. The zero-order valence-electron chi connectivity index (χ0n) is 11.1. The molecule has 0 spiro atoms. The fourth-order valence-electron chi connectivity index (χ4n) is 1.51. The number of carbonyl (C=O) groups is 2. The number of rotatable bonds is 4. The van der Waals surface area contributed by atoms with Gasteiger partial charge in [-0.3, -0.25) is 4.79 Å². The van der Waals surface area contributed by atoms with Crippen LogP contribution in [0.1, 0.15) is 12.5 Å². The first kappa shape index (κ1) is 15.5. The topological polar surface area (TPSA) is 69.6 Å². The van der Waals surface area contributed by atoms with Crippen molar-refractivity contribution in [2.45, 2.75) is 13.8 Å². The number of urea groups is 1. The molecule has 0 aliphatic rings. The molecule has 0 aliphatic carbocycles. The van der Waals surface area contributed by atoms with E-state index in [0.717, 1.165) is 10.0 Å². The maximum absolute atomic E-state index is 11.9. The average molecular weight is 329 g/mol. The van der Waals surface area contributed by atoms with Gasteiger partial charge in [0.1, 0.15) is 0 Å². The number of halogens is 1. The van der Waals surface area contributed by atoms with Gasteiger partial charge in [-0.1, -0.05) is 28.9 Å². The molecule has 0 radical (unpaired) electrons. The number of anilines is 1. The molecular formula is C13H17BrN2O3. The number of nitrogens with one attached hydrogen (secondary N) is 1. The van der Waals surface area contributed by atoms with Crippen molar-refractivity contribution in [3.8, 4) is 0 Å². The quantitative estimate of drug-likeness (QED) is 0.892. The molecule has 1 aromatic rings. The predicted octanol–water partition coefficient (Wildman–Crippen LogP) is 2.94. The lowest BCUT2D eigenvalue weighted by atomic mass is 10.2. The number of carboxylic acid groups (broad SMARTS) is 1. The van der Waals surface area contributed by atoms with Crippen LogP contribution in [0.25, 0.3) is 0 Å². The predicted molar refractivity (Wildman–Crippen MR) is 77.3 cm³/mol. The summed E-state index contributed by atoms with van der Waals surface area (Å²) in [6, 6.07) is 5.26. The second kappa shape index (κ2) is 6.56. The molecule has 1 atom stereocenters. The van der Waals surface area contributed by atoms with E-state index < -0.39 is 11.9 Å². The van der Waals surface area contributed by atoms with Gasteiger partial charge in [0.15, 0.2) is 0 Å². The molecule has 0 saturated heterocycles. The molecule has 0 aromatic heterocycles. The van der Waals surface area contributed by atoms with Crippen molar-refractivity contribution in [1.29, 1.82) is 0 Å². The Labute approximate surface area is 120 Å². The van der Waals surface area contributed by atoms with E-state index >= 15 is 0 Å². The highest BCUT2D eigenvalue weighted by Crippen LogP contribution is 2.20. The van der Waals surface area contributed by atoms with E-state index in [1.165, 1.54) is 4.90 Å². The van der Waals surface area contributed by atoms with Crippen LogP contribution in [0.3, 0.4) is 0 Å². The second-order valence-corrected chi connectivity index (χ2v) is 5.42. The van der Waals surface area contributed by atoms with E-state index in [4.69, 9.17) is 5.11 Å². The molecule has 1 aromatic carbocycles. The van der Waals surface area contributed by atoms with E-state index in [9.17, 15) is 9.59 Å². The highest BCUT2D eigenvalue weighted by Gasteiger charge is 2.17. The zero-order chi connectivity index (χ0) is 14.6. The fourth-order valence-corrected chi connectivity index (χ4v) is 1.87. The van der Waals surface area contributed by atoms with Crippen molar-refractivity contribution in [3.05, 3.63) is 28.2 Å². The Balaban J connectivity index is 2.68. The van der Waals surface area contributed by atoms with Gasteiger partial charge in [-0.05, 0) is 24.6 Å². The van der Waals surface area contributed by atoms with E-state index in [2.05, 4.69) is 21.2 Å². The molecule has 1 unspecified atom stereocenters. The van der Waals surface area contributed by atoms with Crippen LogP contribution in [-0.4, -0.2) is 35.6 Å². The molecule has 6 heteroatoms. The minimum atomic E-state index is -0.918. The largest absolute Gasteiger partial charge is 0.481 e. The highest BCUT2D eigenvalue weighted by atomic mass is 79.9. The normalized spacial score (nSPS) is 11.8. The van der Waals surface area contributed by atoms with Crippen molar-refractivity contribution in [3.63, 3.8) is 0 Å². The number of amides is 2. The Morgan fingerprint density at radius 1 is 1.47 bits per heavy atom. The number of nitrogens with zero attached hydrogens (tertiary/aromatic N) is 1. The van der Waals surface area contributed by atoms with Gasteiger partial charge in [-0.25, -0.2) is 4.79 Å². The standard InChI is InChI=1S/C13H17BrN2O3/c1-8-4-5-10(14)6-11(8)15-13(19)16(3)7-9(2)12(17)18/h4-6,9H,7H2,1-3H3,(H,15,19)(H,17,18). The van der Waals surface area contributed by atoms with Gasteiger partial charge in [0.25, 0.3) is 0 Å². The molecule has 19 heavy (non-hydrogen) atoms. The van der Waals surface area contributed by atoms with Gasteiger partial charge in [0.05, 0.1) is 5.92 Å². The zero-order valence-corrected chi connectivity index (χ0v) is 12.7. The van der Waals surface area contributed by atoms with E-state index in [1.807, 2.05) is 25.1 Å². The first-order valence-corrected chi connectivity index (χ1v) is 6.61. The molecule has 2 amide bonds. The Morgan fingerprint density at radius 3 is 2.68 bits per heavy atom. The molecule has 1 rings (SSSR count). The summed E-state index contributed by atoms with van der Waals surface area (Å²) in [5, 5.41) is 11.6. The van der Waals surface area contributed by atoms with Crippen molar-refractivity contribution >= 4 is 33.6 Å². The van der Waals surface area contributed by atoms with Crippen LogP contribution in [0.4, 0.5) is 10.5 Å². The van der Waals surface area contributed by atoms with Gasteiger partial charge in [-0.15, -0.1) is 0 Å². The molecule has 0 heterocycles. The van der Waals surface area contributed by atoms with Crippen molar-refractivity contribution < 1.29 is 14.7 Å². The summed E-state index contributed by atoms with van der Waals surface area (Å²) in [5.74, 6) is -1.52. The molecule has 0 bridgehead atoms.